The number of carbonyl (C=O) groups excluding carboxylic acids is 1. The third kappa shape index (κ3) is 3.78. The van der Waals surface area contributed by atoms with Crippen molar-refractivity contribution >= 4 is 11.9 Å². The number of hydrogen-bond donors (Lipinski definition) is 0. The highest BCUT2D eigenvalue weighted by atomic mass is 16.5. The first-order valence-electron chi connectivity index (χ1n) is 7.98. The van der Waals surface area contributed by atoms with E-state index in [0.29, 0.717) is 31.3 Å². The van der Waals surface area contributed by atoms with Crippen LogP contribution in [0.4, 0.5) is 5.95 Å². The van der Waals surface area contributed by atoms with E-state index in [4.69, 9.17) is 9.47 Å². The zero-order chi connectivity index (χ0) is 17.8. The lowest BCUT2D eigenvalue weighted by Crippen LogP contribution is -2.36. The molecule has 0 saturated carbocycles. The van der Waals surface area contributed by atoms with E-state index >= 15 is 0 Å². The Morgan fingerprint density at radius 3 is 2.36 bits per heavy atom. The molecule has 3 rings (SSSR count). The van der Waals surface area contributed by atoms with E-state index in [1.165, 1.54) is 14.2 Å². The fourth-order valence-electron chi connectivity index (χ4n) is 2.66. The minimum atomic E-state index is -0.0618. The standard InChI is InChI=1S/C15H21N7O3/c1-20-8-5-11(19-20)12(23)21-6-4-7-22(10-9-21)13-16-14(24-2)18-15(17-13)25-3/h5,8H,4,6-7,9-10H2,1-3H3. The van der Waals surface area contributed by atoms with Crippen LogP contribution in [0.5, 0.6) is 12.0 Å². The third-order valence-corrected chi connectivity index (χ3v) is 3.95. The average molecular weight is 347 g/mol. The topological polar surface area (TPSA) is 98.5 Å². The molecule has 10 nitrogen and oxygen atoms in total. The molecule has 2 aromatic heterocycles. The van der Waals surface area contributed by atoms with Crippen LogP contribution in [0.15, 0.2) is 12.3 Å². The number of methoxy groups -OCH3 is 2. The molecule has 0 N–H and O–H groups in total. The third-order valence-electron chi connectivity index (χ3n) is 3.95. The fourth-order valence-corrected chi connectivity index (χ4v) is 2.66. The summed E-state index contributed by atoms with van der Waals surface area (Å²) in [4.78, 5) is 28.9. The van der Waals surface area contributed by atoms with Crippen molar-refractivity contribution in [3.8, 4) is 12.0 Å². The van der Waals surface area contributed by atoms with Crippen LogP contribution in [0, 0.1) is 0 Å². The van der Waals surface area contributed by atoms with Gasteiger partial charge in [-0.3, -0.25) is 9.48 Å². The quantitative estimate of drug-likeness (QED) is 0.761. The number of hydrogen-bond acceptors (Lipinski definition) is 8. The second-order valence-electron chi connectivity index (χ2n) is 5.62. The normalized spacial score (nSPS) is 15.0. The molecule has 1 aliphatic rings. The van der Waals surface area contributed by atoms with Gasteiger partial charge in [-0.15, -0.1) is 4.98 Å². The highest BCUT2D eigenvalue weighted by molar-refractivity contribution is 5.92. The SMILES string of the molecule is COc1nc(OC)nc(N2CCCN(C(=O)c3ccn(C)n3)CC2)n1. The summed E-state index contributed by atoms with van der Waals surface area (Å²) in [5.74, 6) is 0.420. The smallest absolute Gasteiger partial charge is 0.324 e. The van der Waals surface area contributed by atoms with Gasteiger partial charge in [0.25, 0.3) is 5.91 Å². The minimum Gasteiger partial charge on any atom is -0.467 e. The van der Waals surface area contributed by atoms with Gasteiger partial charge in [0.05, 0.1) is 14.2 Å². The monoisotopic (exact) mass is 347 g/mol. The van der Waals surface area contributed by atoms with Crippen LogP contribution < -0.4 is 14.4 Å². The predicted molar refractivity (Wildman–Crippen MR) is 88.9 cm³/mol. The number of anilines is 1. The molecular formula is C15H21N7O3. The highest BCUT2D eigenvalue weighted by Crippen LogP contribution is 2.18. The van der Waals surface area contributed by atoms with Crippen LogP contribution in [0.2, 0.25) is 0 Å². The number of nitrogens with zero attached hydrogens (tertiary/aromatic N) is 7. The van der Waals surface area contributed by atoms with Gasteiger partial charge in [-0.25, -0.2) is 0 Å². The Kier molecular flexibility index (Phi) is 4.96. The number of amides is 1. The van der Waals surface area contributed by atoms with E-state index in [-0.39, 0.29) is 17.9 Å². The maximum Gasteiger partial charge on any atom is 0.324 e. The summed E-state index contributed by atoms with van der Waals surface area (Å²) in [5.41, 5.74) is 0.458. The second-order valence-corrected chi connectivity index (χ2v) is 5.62. The summed E-state index contributed by atoms with van der Waals surface area (Å²) < 4.78 is 11.8. The molecule has 10 heteroatoms. The minimum absolute atomic E-state index is 0.0618. The molecule has 0 spiro atoms. The van der Waals surface area contributed by atoms with Gasteiger partial charge >= 0.3 is 12.0 Å². The van der Waals surface area contributed by atoms with Crippen LogP contribution in [0.1, 0.15) is 16.9 Å². The highest BCUT2D eigenvalue weighted by Gasteiger charge is 2.23. The number of rotatable bonds is 4. The first-order valence-corrected chi connectivity index (χ1v) is 7.98. The molecule has 0 radical (unpaired) electrons. The van der Waals surface area contributed by atoms with E-state index < -0.39 is 0 Å². The molecule has 3 heterocycles. The molecule has 0 unspecified atom stereocenters. The Morgan fingerprint density at radius 2 is 1.76 bits per heavy atom. The van der Waals surface area contributed by atoms with E-state index in [2.05, 4.69) is 20.1 Å². The predicted octanol–water partition coefficient (Wildman–Crippen LogP) is -0.0252. The van der Waals surface area contributed by atoms with Gasteiger partial charge in [-0.2, -0.15) is 15.1 Å². The lowest BCUT2D eigenvalue weighted by molar-refractivity contribution is 0.0760. The Bertz CT molecular complexity index is 726. The largest absolute Gasteiger partial charge is 0.467 e. The van der Waals surface area contributed by atoms with Gasteiger partial charge in [0.1, 0.15) is 5.69 Å². The van der Waals surface area contributed by atoms with Gasteiger partial charge in [0, 0.05) is 39.4 Å². The number of carbonyl (C=O) groups is 1. The molecule has 25 heavy (non-hydrogen) atoms. The summed E-state index contributed by atoms with van der Waals surface area (Å²) in [5, 5.41) is 4.18. The Hall–Kier alpha value is -2.91. The van der Waals surface area contributed by atoms with Crippen molar-refractivity contribution < 1.29 is 14.3 Å². The zero-order valence-electron chi connectivity index (χ0n) is 14.5. The molecule has 0 aliphatic carbocycles. The Balaban J connectivity index is 1.72. The molecule has 0 aromatic carbocycles. The molecule has 0 atom stereocenters. The van der Waals surface area contributed by atoms with Crippen molar-refractivity contribution in [3.63, 3.8) is 0 Å². The first kappa shape index (κ1) is 16.9. The van der Waals surface area contributed by atoms with Crippen molar-refractivity contribution in [1.82, 2.24) is 29.6 Å². The van der Waals surface area contributed by atoms with Gasteiger partial charge in [0.15, 0.2) is 0 Å². The van der Waals surface area contributed by atoms with Gasteiger partial charge in [-0.1, -0.05) is 0 Å². The van der Waals surface area contributed by atoms with Crippen LogP contribution in [0.3, 0.4) is 0 Å². The van der Waals surface area contributed by atoms with E-state index in [1.807, 2.05) is 4.90 Å². The molecule has 1 fully saturated rings. The molecular weight excluding hydrogens is 326 g/mol. The summed E-state index contributed by atoms with van der Waals surface area (Å²) in [6, 6.07) is 2.13. The van der Waals surface area contributed by atoms with Crippen molar-refractivity contribution in [2.75, 3.05) is 45.3 Å². The lowest BCUT2D eigenvalue weighted by atomic mass is 10.3. The number of ether oxygens (including phenoxy) is 2. The van der Waals surface area contributed by atoms with Crippen molar-refractivity contribution in [2.45, 2.75) is 6.42 Å². The van der Waals surface area contributed by atoms with Crippen LogP contribution >= 0.6 is 0 Å². The molecule has 134 valence electrons. The number of aryl methyl sites for hydroxylation is 1. The van der Waals surface area contributed by atoms with Crippen molar-refractivity contribution in [3.05, 3.63) is 18.0 Å². The Morgan fingerprint density at radius 1 is 1.04 bits per heavy atom. The molecule has 0 bridgehead atoms. The van der Waals surface area contributed by atoms with Crippen LogP contribution in [0.25, 0.3) is 0 Å². The van der Waals surface area contributed by atoms with Crippen molar-refractivity contribution in [1.29, 1.82) is 0 Å². The molecule has 2 aromatic rings. The van der Waals surface area contributed by atoms with Gasteiger partial charge in [0.2, 0.25) is 5.95 Å². The number of aromatic nitrogens is 5. The maximum absolute atomic E-state index is 12.6. The van der Waals surface area contributed by atoms with Crippen molar-refractivity contribution in [2.24, 2.45) is 7.05 Å². The molecule has 1 saturated heterocycles. The summed E-state index contributed by atoms with van der Waals surface area (Å²) in [7, 11) is 4.78. The maximum atomic E-state index is 12.6. The van der Waals surface area contributed by atoms with Crippen LogP contribution in [-0.2, 0) is 7.05 Å². The van der Waals surface area contributed by atoms with E-state index in [9.17, 15) is 4.79 Å². The van der Waals surface area contributed by atoms with Crippen LogP contribution in [-0.4, -0.2) is 75.9 Å². The fraction of sp³-hybridized carbons (Fsp3) is 0.533. The van der Waals surface area contributed by atoms with E-state index in [1.54, 1.807) is 28.9 Å². The van der Waals surface area contributed by atoms with E-state index in [0.717, 1.165) is 13.0 Å². The average Bonchev–Trinajstić information content (AvgIpc) is 2.92. The summed E-state index contributed by atoms with van der Waals surface area (Å²) >= 11 is 0. The summed E-state index contributed by atoms with van der Waals surface area (Å²) in [6.07, 6.45) is 2.57. The Labute approximate surface area is 145 Å². The molecule has 1 amide bonds. The summed E-state index contributed by atoms with van der Waals surface area (Å²) in [6.45, 7) is 2.55. The molecule has 1 aliphatic heterocycles. The zero-order valence-corrected chi connectivity index (χ0v) is 14.5. The van der Waals surface area contributed by atoms with Gasteiger partial charge in [-0.05, 0) is 12.5 Å². The first-order chi connectivity index (χ1) is 12.1. The second kappa shape index (κ2) is 7.32. The van der Waals surface area contributed by atoms with Gasteiger partial charge < -0.3 is 19.3 Å². The lowest BCUT2D eigenvalue weighted by Gasteiger charge is -2.21.